The number of hydrogen-bond donors (Lipinski definition) is 1. The zero-order valence-electron chi connectivity index (χ0n) is 13.0. The number of carbonyl (C=O) groups excluding carboxylic acids is 1. The fourth-order valence-corrected chi connectivity index (χ4v) is 6.99. The van der Waals surface area contributed by atoms with E-state index in [2.05, 4.69) is 18.7 Å². The summed E-state index contributed by atoms with van der Waals surface area (Å²) in [4.78, 5) is 15.3. The predicted molar refractivity (Wildman–Crippen MR) is 79.0 cm³/mol. The molecular formula is C17H28N2O. The Morgan fingerprint density at radius 2 is 1.75 bits per heavy atom. The van der Waals surface area contributed by atoms with Crippen LogP contribution in [0.4, 0.5) is 0 Å². The van der Waals surface area contributed by atoms with Crippen LogP contribution < -0.4 is 5.73 Å². The molecule has 3 heteroatoms. The van der Waals surface area contributed by atoms with Gasteiger partial charge in [-0.1, -0.05) is 13.8 Å². The van der Waals surface area contributed by atoms with E-state index in [1.54, 1.807) is 0 Å². The van der Waals surface area contributed by atoms with Gasteiger partial charge in [0.2, 0.25) is 5.91 Å². The van der Waals surface area contributed by atoms with Crippen molar-refractivity contribution in [3.05, 3.63) is 0 Å². The van der Waals surface area contributed by atoms with Gasteiger partial charge in [0, 0.05) is 19.1 Å². The number of carbonyl (C=O) groups is 1. The van der Waals surface area contributed by atoms with Gasteiger partial charge in [0.05, 0.1) is 5.41 Å². The first-order valence-electron chi connectivity index (χ1n) is 8.37. The summed E-state index contributed by atoms with van der Waals surface area (Å²) in [6.45, 7) is 6.56. The van der Waals surface area contributed by atoms with Crippen molar-refractivity contribution in [1.29, 1.82) is 0 Å². The Balaban J connectivity index is 1.65. The minimum Gasteiger partial charge on any atom is -0.341 e. The van der Waals surface area contributed by atoms with E-state index >= 15 is 0 Å². The van der Waals surface area contributed by atoms with E-state index in [-0.39, 0.29) is 11.5 Å². The molecule has 4 saturated carbocycles. The van der Waals surface area contributed by atoms with Gasteiger partial charge in [-0.3, -0.25) is 4.79 Å². The number of hydrogen-bond acceptors (Lipinski definition) is 2. The lowest BCUT2D eigenvalue weighted by atomic mass is 9.40. The van der Waals surface area contributed by atoms with Crippen LogP contribution >= 0.6 is 0 Å². The van der Waals surface area contributed by atoms with Crippen molar-refractivity contribution in [2.75, 3.05) is 13.1 Å². The Kier molecular flexibility index (Phi) is 2.49. The minimum absolute atomic E-state index is 0.0347. The third kappa shape index (κ3) is 1.78. The summed E-state index contributed by atoms with van der Waals surface area (Å²) in [7, 11) is 0. The van der Waals surface area contributed by atoms with Gasteiger partial charge in [-0.25, -0.2) is 0 Å². The Morgan fingerprint density at radius 1 is 1.10 bits per heavy atom. The van der Waals surface area contributed by atoms with E-state index in [0.717, 1.165) is 44.7 Å². The molecule has 5 rings (SSSR count). The van der Waals surface area contributed by atoms with Gasteiger partial charge in [-0.2, -0.15) is 0 Å². The normalized spacial score (nSPS) is 53.6. The SMILES string of the molecule is CC12CC3CC(C)(C1)CC(C(=O)N1CC[C@H](N)C1)(C3)C2. The molecule has 0 spiro atoms. The summed E-state index contributed by atoms with van der Waals surface area (Å²) in [5.41, 5.74) is 6.82. The van der Waals surface area contributed by atoms with Crippen LogP contribution in [0.25, 0.3) is 0 Å². The average molecular weight is 276 g/mol. The number of amides is 1. The van der Waals surface area contributed by atoms with Crippen molar-refractivity contribution in [3.63, 3.8) is 0 Å². The van der Waals surface area contributed by atoms with E-state index < -0.39 is 0 Å². The Hall–Kier alpha value is -0.570. The molecule has 3 nitrogen and oxygen atoms in total. The molecule has 3 atom stereocenters. The molecule has 1 saturated heterocycles. The molecule has 5 fully saturated rings. The van der Waals surface area contributed by atoms with E-state index in [9.17, 15) is 4.79 Å². The highest BCUT2D eigenvalue weighted by molar-refractivity contribution is 5.84. The summed E-state index contributed by atoms with van der Waals surface area (Å²) in [6, 6.07) is 0.207. The second kappa shape index (κ2) is 3.79. The topological polar surface area (TPSA) is 46.3 Å². The van der Waals surface area contributed by atoms with Crippen LogP contribution in [-0.4, -0.2) is 29.9 Å². The van der Waals surface area contributed by atoms with Crippen molar-refractivity contribution in [2.45, 2.75) is 64.8 Å². The van der Waals surface area contributed by atoms with Crippen molar-refractivity contribution in [3.8, 4) is 0 Å². The van der Waals surface area contributed by atoms with Gasteiger partial charge in [0.15, 0.2) is 0 Å². The molecule has 20 heavy (non-hydrogen) atoms. The molecule has 112 valence electrons. The Bertz CT molecular complexity index is 442. The smallest absolute Gasteiger partial charge is 0.228 e. The summed E-state index contributed by atoms with van der Waals surface area (Å²) in [5.74, 6) is 1.24. The lowest BCUT2D eigenvalue weighted by Gasteiger charge is -2.65. The summed E-state index contributed by atoms with van der Waals surface area (Å²) < 4.78 is 0. The number of rotatable bonds is 1. The maximum atomic E-state index is 13.2. The fourth-order valence-electron chi connectivity index (χ4n) is 6.99. The molecule has 4 aliphatic carbocycles. The summed E-state index contributed by atoms with van der Waals surface area (Å²) in [6.07, 6.45) is 8.47. The van der Waals surface area contributed by atoms with Crippen molar-refractivity contribution in [2.24, 2.45) is 27.9 Å². The van der Waals surface area contributed by atoms with Gasteiger partial charge in [-0.05, 0) is 61.7 Å². The fraction of sp³-hybridized carbons (Fsp3) is 0.941. The van der Waals surface area contributed by atoms with E-state index in [1.165, 1.54) is 19.3 Å². The highest BCUT2D eigenvalue weighted by Crippen LogP contribution is 2.69. The molecule has 4 bridgehead atoms. The second-order valence-electron chi connectivity index (χ2n) is 9.21. The first-order chi connectivity index (χ1) is 9.32. The van der Waals surface area contributed by atoms with Crippen LogP contribution in [0.1, 0.15) is 58.8 Å². The maximum absolute atomic E-state index is 13.2. The largest absolute Gasteiger partial charge is 0.341 e. The number of likely N-dealkylation sites (tertiary alicyclic amines) is 1. The molecule has 0 aromatic heterocycles. The van der Waals surface area contributed by atoms with E-state index in [0.29, 0.717) is 16.7 Å². The quantitative estimate of drug-likeness (QED) is 0.800. The van der Waals surface area contributed by atoms with E-state index in [4.69, 9.17) is 5.73 Å². The van der Waals surface area contributed by atoms with Gasteiger partial charge >= 0.3 is 0 Å². The second-order valence-corrected chi connectivity index (χ2v) is 9.21. The lowest BCUT2D eigenvalue weighted by Crippen LogP contribution is -2.60. The average Bonchev–Trinajstić information content (AvgIpc) is 2.69. The third-order valence-electron chi connectivity index (χ3n) is 6.59. The van der Waals surface area contributed by atoms with Crippen LogP contribution in [0.15, 0.2) is 0 Å². The number of nitrogens with two attached hydrogens (primary N) is 1. The molecule has 2 N–H and O–H groups in total. The molecule has 5 aliphatic rings. The zero-order valence-corrected chi connectivity index (χ0v) is 13.0. The minimum atomic E-state index is -0.0347. The van der Waals surface area contributed by atoms with Crippen molar-refractivity contribution < 1.29 is 4.79 Å². The monoisotopic (exact) mass is 276 g/mol. The third-order valence-corrected chi connectivity index (χ3v) is 6.59. The first-order valence-corrected chi connectivity index (χ1v) is 8.37. The highest BCUT2D eigenvalue weighted by Gasteiger charge is 2.63. The van der Waals surface area contributed by atoms with Crippen LogP contribution in [0.3, 0.4) is 0 Å². The van der Waals surface area contributed by atoms with E-state index in [1.807, 2.05) is 0 Å². The Morgan fingerprint density at radius 3 is 2.25 bits per heavy atom. The van der Waals surface area contributed by atoms with Gasteiger partial charge < -0.3 is 10.6 Å². The standard InChI is InChI=1S/C17H28N2O/c1-15-5-12-6-16(2,9-15)11-17(7-12,10-15)14(20)19-4-3-13(18)8-19/h12-13H,3-11,18H2,1-2H3/t12?,13-,15?,16?,17?/m0/s1. The highest BCUT2D eigenvalue weighted by atomic mass is 16.2. The molecule has 0 radical (unpaired) electrons. The summed E-state index contributed by atoms with van der Waals surface area (Å²) in [5, 5.41) is 0. The first kappa shape index (κ1) is 13.1. The van der Waals surface area contributed by atoms with Crippen LogP contribution in [0.2, 0.25) is 0 Å². The zero-order chi connectivity index (χ0) is 14.2. The summed E-state index contributed by atoms with van der Waals surface area (Å²) >= 11 is 0. The van der Waals surface area contributed by atoms with Gasteiger partial charge in [0.25, 0.3) is 0 Å². The maximum Gasteiger partial charge on any atom is 0.228 e. The van der Waals surface area contributed by atoms with Gasteiger partial charge in [0.1, 0.15) is 0 Å². The van der Waals surface area contributed by atoms with Crippen molar-refractivity contribution >= 4 is 5.91 Å². The molecule has 0 aromatic carbocycles. The van der Waals surface area contributed by atoms with Crippen molar-refractivity contribution in [1.82, 2.24) is 4.90 Å². The molecule has 2 unspecified atom stereocenters. The van der Waals surface area contributed by atoms with Gasteiger partial charge in [-0.15, -0.1) is 0 Å². The van der Waals surface area contributed by atoms with Crippen LogP contribution in [-0.2, 0) is 4.79 Å². The molecular weight excluding hydrogens is 248 g/mol. The van der Waals surface area contributed by atoms with Crippen LogP contribution in [0.5, 0.6) is 0 Å². The molecule has 1 heterocycles. The van der Waals surface area contributed by atoms with Crippen LogP contribution in [0, 0.1) is 22.2 Å². The molecule has 0 aromatic rings. The lowest BCUT2D eigenvalue weighted by molar-refractivity contribution is -0.178. The molecule has 1 aliphatic heterocycles. The Labute approximate surface area is 122 Å². The molecule has 1 amide bonds. The number of nitrogens with zero attached hydrogens (tertiary/aromatic N) is 1. The predicted octanol–water partition coefficient (Wildman–Crippen LogP) is 2.54.